The normalized spacial score (nSPS) is 9.18. The van der Waals surface area contributed by atoms with Crippen LogP contribution in [0.5, 0.6) is 5.88 Å². The topological polar surface area (TPSA) is 59.2 Å². The van der Waals surface area contributed by atoms with Gasteiger partial charge in [-0.25, -0.2) is 0 Å². The summed E-state index contributed by atoms with van der Waals surface area (Å²) in [6.45, 7) is 0. The second-order valence-electron chi connectivity index (χ2n) is 1.96. The van der Waals surface area contributed by atoms with E-state index >= 15 is 0 Å². The molecule has 1 heterocycles. The van der Waals surface area contributed by atoms with E-state index in [0.717, 1.165) is 0 Å². The molecule has 0 aliphatic carbocycles. The zero-order chi connectivity index (χ0) is 8.27. The molecule has 0 saturated carbocycles. The molecule has 0 bridgehead atoms. The fourth-order valence-corrected chi connectivity index (χ4v) is 0.712. The molecule has 11 heavy (non-hydrogen) atoms. The Morgan fingerprint density at radius 3 is 2.82 bits per heavy atom. The third-order valence-electron chi connectivity index (χ3n) is 1.19. The molecule has 4 heteroatoms. The first-order chi connectivity index (χ1) is 5.26. The summed E-state index contributed by atoms with van der Waals surface area (Å²) in [7, 11) is 1.42. The lowest BCUT2D eigenvalue weighted by molar-refractivity contribution is 0.111. The molecule has 1 N–H and O–H groups in total. The van der Waals surface area contributed by atoms with Gasteiger partial charge >= 0.3 is 0 Å². The SMILES string of the molecule is COc1cc(=O)cc(C=O)[nH]1. The maximum absolute atomic E-state index is 10.8. The van der Waals surface area contributed by atoms with E-state index in [0.29, 0.717) is 12.2 Å². The second kappa shape index (κ2) is 3.01. The van der Waals surface area contributed by atoms with Gasteiger partial charge in [0.1, 0.15) is 0 Å². The first kappa shape index (κ1) is 7.53. The van der Waals surface area contributed by atoms with E-state index in [-0.39, 0.29) is 11.1 Å². The Hall–Kier alpha value is -1.58. The standard InChI is InChI=1S/C7H7NO3/c1-11-7-3-6(10)2-5(4-9)8-7/h2-4H,1H3,(H,8,10). The number of hydrogen-bond acceptors (Lipinski definition) is 3. The van der Waals surface area contributed by atoms with Crippen LogP contribution in [0.4, 0.5) is 0 Å². The van der Waals surface area contributed by atoms with Crippen molar-refractivity contribution < 1.29 is 9.53 Å². The number of methoxy groups -OCH3 is 1. The molecule has 0 radical (unpaired) electrons. The predicted molar refractivity (Wildman–Crippen MR) is 39.0 cm³/mol. The van der Waals surface area contributed by atoms with Crippen molar-refractivity contribution in [2.75, 3.05) is 7.11 Å². The van der Waals surface area contributed by atoms with Crippen LogP contribution in [0.25, 0.3) is 0 Å². The highest BCUT2D eigenvalue weighted by Gasteiger charge is 1.95. The van der Waals surface area contributed by atoms with Gasteiger partial charge in [-0.05, 0) is 0 Å². The maximum atomic E-state index is 10.8. The van der Waals surface area contributed by atoms with Crippen LogP contribution >= 0.6 is 0 Å². The summed E-state index contributed by atoms with van der Waals surface area (Å²) >= 11 is 0. The number of carbonyl (C=O) groups excluding carboxylic acids is 1. The molecule has 1 aromatic heterocycles. The molecule has 0 aliphatic rings. The Morgan fingerprint density at radius 2 is 2.27 bits per heavy atom. The molecule has 1 aromatic rings. The van der Waals surface area contributed by atoms with Gasteiger partial charge in [0.2, 0.25) is 0 Å². The Bertz CT molecular complexity index is 316. The minimum Gasteiger partial charge on any atom is -0.482 e. The predicted octanol–water partition coefficient (Wildman–Crippen LogP) is 0.196. The van der Waals surface area contributed by atoms with Gasteiger partial charge < -0.3 is 9.72 Å². The number of aromatic nitrogens is 1. The van der Waals surface area contributed by atoms with Crippen LogP contribution in [-0.2, 0) is 0 Å². The number of nitrogens with one attached hydrogen (secondary N) is 1. The maximum Gasteiger partial charge on any atom is 0.194 e. The highest BCUT2D eigenvalue weighted by atomic mass is 16.5. The molecule has 0 unspecified atom stereocenters. The van der Waals surface area contributed by atoms with Gasteiger partial charge in [-0.15, -0.1) is 0 Å². The molecule has 4 nitrogen and oxygen atoms in total. The number of hydrogen-bond donors (Lipinski definition) is 1. The zero-order valence-corrected chi connectivity index (χ0v) is 5.96. The highest BCUT2D eigenvalue weighted by molar-refractivity contribution is 5.71. The smallest absolute Gasteiger partial charge is 0.194 e. The van der Waals surface area contributed by atoms with Crippen molar-refractivity contribution >= 4 is 6.29 Å². The molecule has 0 fully saturated rings. The van der Waals surface area contributed by atoms with Crippen LogP contribution < -0.4 is 10.2 Å². The van der Waals surface area contributed by atoms with Crippen LogP contribution in [0.2, 0.25) is 0 Å². The van der Waals surface area contributed by atoms with Crippen LogP contribution in [0.3, 0.4) is 0 Å². The molecule has 58 valence electrons. The highest BCUT2D eigenvalue weighted by Crippen LogP contribution is 1.99. The summed E-state index contributed by atoms with van der Waals surface area (Å²) in [6.07, 6.45) is 0.559. The summed E-state index contributed by atoms with van der Waals surface area (Å²) in [6, 6.07) is 2.47. The van der Waals surface area contributed by atoms with Crippen molar-refractivity contribution in [3.8, 4) is 5.88 Å². The van der Waals surface area contributed by atoms with E-state index in [4.69, 9.17) is 4.74 Å². The van der Waals surface area contributed by atoms with E-state index < -0.39 is 0 Å². The number of pyridine rings is 1. The Labute approximate surface area is 62.8 Å². The Kier molecular flexibility index (Phi) is 2.06. The molecule has 0 aromatic carbocycles. The first-order valence-corrected chi connectivity index (χ1v) is 3.00. The van der Waals surface area contributed by atoms with E-state index in [9.17, 15) is 9.59 Å². The largest absolute Gasteiger partial charge is 0.482 e. The van der Waals surface area contributed by atoms with Crippen molar-refractivity contribution in [3.63, 3.8) is 0 Å². The molecular weight excluding hydrogens is 146 g/mol. The first-order valence-electron chi connectivity index (χ1n) is 3.00. The minimum absolute atomic E-state index is 0.217. The fourth-order valence-electron chi connectivity index (χ4n) is 0.712. The summed E-state index contributed by atoms with van der Waals surface area (Å²) < 4.78 is 4.72. The van der Waals surface area contributed by atoms with Crippen molar-refractivity contribution in [1.82, 2.24) is 4.98 Å². The average Bonchev–Trinajstić information content (AvgIpc) is 2.03. The number of H-pyrrole nitrogens is 1. The number of rotatable bonds is 2. The Morgan fingerprint density at radius 1 is 1.55 bits per heavy atom. The Balaban J connectivity index is 3.22. The van der Waals surface area contributed by atoms with Gasteiger partial charge in [0.25, 0.3) is 0 Å². The van der Waals surface area contributed by atoms with Crippen LogP contribution in [-0.4, -0.2) is 18.4 Å². The summed E-state index contributed by atoms with van der Waals surface area (Å²) in [5.41, 5.74) is -0.0305. The second-order valence-corrected chi connectivity index (χ2v) is 1.96. The number of aldehydes is 1. The quantitative estimate of drug-likeness (QED) is 0.617. The molecule has 0 saturated heterocycles. The van der Waals surface area contributed by atoms with Gasteiger partial charge in [-0.3, -0.25) is 9.59 Å². The van der Waals surface area contributed by atoms with E-state index in [1.807, 2.05) is 0 Å². The van der Waals surface area contributed by atoms with Crippen LogP contribution in [0.1, 0.15) is 10.5 Å². The third-order valence-corrected chi connectivity index (χ3v) is 1.19. The summed E-state index contributed by atoms with van der Waals surface area (Å²) in [4.78, 5) is 23.6. The lowest BCUT2D eigenvalue weighted by Crippen LogP contribution is -2.03. The van der Waals surface area contributed by atoms with Gasteiger partial charge in [0.15, 0.2) is 17.6 Å². The lowest BCUT2D eigenvalue weighted by atomic mass is 10.4. The number of ether oxygens (including phenoxy) is 1. The number of aromatic amines is 1. The molecule has 1 rings (SSSR count). The number of carbonyl (C=O) groups is 1. The lowest BCUT2D eigenvalue weighted by Gasteiger charge is -1.98. The van der Waals surface area contributed by atoms with Crippen molar-refractivity contribution in [2.45, 2.75) is 0 Å². The molecular formula is C7H7NO3. The van der Waals surface area contributed by atoms with Crippen molar-refractivity contribution in [3.05, 3.63) is 28.0 Å². The van der Waals surface area contributed by atoms with Crippen molar-refractivity contribution in [1.29, 1.82) is 0 Å². The molecule has 0 aliphatic heterocycles. The fraction of sp³-hybridized carbons (Fsp3) is 0.143. The summed E-state index contributed by atoms with van der Waals surface area (Å²) in [5.74, 6) is 0.291. The van der Waals surface area contributed by atoms with Gasteiger partial charge in [0.05, 0.1) is 12.8 Å². The van der Waals surface area contributed by atoms with Gasteiger partial charge in [-0.2, -0.15) is 0 Å². The monoisotopic (exact) mass is 153 g/mol. The van der Waals surface area contributed by atoms with Gasteiger partial charge in [0, 0.05) is 12.1 Å². The van der Waals surface area contributed by atoms with Crippen LogP contribution in [0.15, 0.2) is 16.9 Å². The van der Waals surface area contributed by atoms with Crippen molar-refractivity contribution in [2.24, 2.45) is 0 Å². The molecule has 0 spiro atoms. The minimum atomic E-state index is -0.247. The zero-order valence-electron chi connectivity index (χ0n) is 5.96. The van der Waals surface area contributed by atoms with E-state index in [1.54, 1.807) is 0 Å². The van der Waals surface area contributed by atoms with Gasteiger partial charge in [-0.1, -0.05) is 0 Å². The van der Waals surface area contributed by atoms with Crippen LogP contribution in [0, 0.1) is 0 Å². The molecule has 0 atom stereocenters. The summed E-state index contributed by atoms with van der Waals surface area (Å²) in [5, 5.41) is 0. The van der Waals surface area contributed by atoms with E-state index in [1.165, 1.54) is 19.2 Å². The van der Waals surface area contributed by atoms with E-state index in [2.05, 4.69) is 4.98 Å². The average molecular weight is 153 g/mol. The molecule has 0 amide bonds. The third kappa shape index (κ3) is 1.67.